The lowest BCUT2D eigenvalue weighted by atomic mass is 10.2. The van der Waals surface area contributed by atoms with E-state index < -0.39 is 11.9 Å². The highest BCUT2D eigenvalue weighted by Crippen LogP contribution is 2.35. The van der Waals surface area contributed by atoms with E-state index in [0.717, 1.165) is 24.2 Å². The van der Waals surface area contributed by atoms with Gasteiger partial charge in [0.05, 0.1) is 29.0 Å². The molecule has 9 heteroatoms. The third-order valence-corrected chi connectivity index (χ3v) is 6.12. The van der Waals surface area contributed by atoms with E-state index in [0.29, 0.717) is 34.7 Å². The molecule has 0 radical (unpaired) electrons. The molecule has 1 amide bonds. The second-order valence-electron chi connectivity index (χ2n) is 7.91. The fraction of sp³-hybridized carbons (Fsp3) is 0.522. The monoisotopic (exact) mass is 500 g/mol. The van der Waals surface area contributed by atoms with E-state index in [1.165, 1.54) is 31.4 Å². The Hall–Kier alpha value is -1.83. The molecule has 0 aliphatic rings. The van der Waals surface area contributed by atoms with Gasteiger partial charge in [-0.1, -0.05) is 81.0 Å². The number of aromatic nitrogens is 1. The standard InChI is InChI=1S/C23H30Cl2N2O4S/c1-5-6-7-8-9-10-30-19-17(24)11-16(12-18(19)25)21(28)27-23-26-15(4)20(32-23)22(29)31-13-14(2)3/h11-12,14H,5-10,13H2,1-4H3,(H,26,27,28). The first kappa shape index (κ1) is 26.4. The number of hydrogen-bond donors (Lipinski definition) is 1. The van der Waals surface area contributed by atoms with Crippen LogP contribution >= 0.6 is 34.5 Å². The minimum atomic E-state index is -0.448. The number of anilines is 1. The van der Waals surface area contributed by atoms with Gasteiger partial charge in [0, 0.05) is 5.56 Å². The van der Waals surface area contributed by atoms with E-state index in [1.807, 2.05) is 13.8 Å². The second-order valence-corrected chi connectivity index (χ2v) is 9.73. The van der Waals surface area contributed by atoms with Crippen LogP contribution in [0, 0.1) is 12.8 Å². The number of hydrogen-bond acceptors (Lipinski definition) is 6. The first-order valence-corrected chi connectivity index (χ1v) is 12.4. The van der Waals surface area contributed by atoms with E-state index in [4.69, 9.17) is 32.7 Å². The minimum absolute atomic E-state index is 0.230. The van der Waals surface area contributed by atoms with Crippen LogP contribution in [0.25, 0.3) is 0 Å². The summed E-state index contributed by atoms with van der Waals surface area (Å²) in [5, 5.41) is 3.52. The molecule has 0 aliphatic carbocycles. The number of esters is 1. The summed E-state index contributed by atoms with van der Waals surface area (Å²) in [6.45, 7) is 8.62. The number of rotatable bonds is 12. The van der Waals surface area contributed by atoms with Crippen molar-refractivity contribution in [2.24, 2.45) is 5.92 Å². The first-order valence-electron chi connectivity index (χ1n) is 10.8. The highest BCUT2D eigenvalue weighted by atomic mass is 35.5. The lowest BCUT2D eigenvalue weighted by molar-refractivity contribution is 0.0463. The zero-order chi connectivity index (χ0) is 23.7. The van der Waals surface area contributed by atoms with Crippen molar-refractivity contribution >= 4 is 51.5 Å². The van der Waals surface area contributed by atoms with Crippen molar-refractivity contribution in [3.05, 3.63) is 38.3 Å². The molecule has 1 N–H and O–H groups in total. The van der Waals surface area contributed by atoms with Crippen molar-refractivity contribution < 1.29 is 19.1 Å². The minimum Gasteiger partial charge on any atom is -0.490 e. The van der Waals surface area contributed by atoms with Gasteiger partial charge in [-0.05, 0) is 31.4 Å². The molecule has 1 aromatic heterocycles. The third kappa shape index (κ3) is 7.94. The molecule has 0 saturated carbocycles. The topological polar surface area (TPSA) is 77.5 Å². The molecule has 2 rings (SSSR count). The van der Waals surface area contributed by atoms with E-state index >= 15 is 0 Å². The normalized spacial score (nSPS) is 11.0. The number of nitrogens with zero attached hydrogens (tertiary/aromatic N) is 1. The molecule has 32 heavy (non-hydrogen) atoms. The fourth-order valence-electron chi connectivity index (χ4n) is 2.83. The number of nitrogens with one attached hydrogen (secondary N) is 1. The SMILES string of the molecule is CCCCCCCOc1c(Cl)cc(C(=O)Nc2nc(C)c(C(=O)OCC(C)C)s2)cc1Cl. The fourth-order valence-corrected chi connectivity index (χ4v) is 4.28. The highest BCUT2D eigenvalue weighted by Gasteiger charge is 2.20. The molecule has 2 aromatic rings. The zero-order valence-electron chi connectivity index (χ0n) is 18.9. The molecule has 0 bridgehead atoms. The summed E-state index contributed by atoms with van der Waals surface area (Å²) in [7, 11) is 0. The Morgan fingerprint density at radius 3 is 2.41 bits per heavy atom. The van der Waals surface area contributed by atoms with Crippen LogP contribution in [0.2, 0.25) is 10.0 Å². The van der Waals surface area contributed by atoms with E-state index in [9.17, 15) is 9.59 Å². The molecular weight excluding hydrogens is 471 g/mol. The van der Waals surface area contributed by atoms with Crippen molar-refractivity contribution in [1.82, 2.24) is 4.98 Å². The van der Waals surface area contributed by atoms with E-state index in [2.05, 4.69) is 17.2 Å². The lowest BCUT2D eigenvalue weighted by Gasteiger charge is -2.11. The third-order valence-electron chi connectivity index (χ3n) is 4.50. The van der Waals surface area contributed by atoms with Gasteiger partial charge >= 0.3 is 5.97 Å². The summed E-state index contributed by atoms with van der Waals surface area (Å²) < 4.78 is 11.0. The van der Waals surface area contributed by atoms with Crippen LogP contribution in [0.3, 0.4) is 0 Å². The number of carbonyl (C=O) groups is 2. The van der Waals surface area contributed by atoms with Gasteiger partial charge in [0.15, 0.2) is 10.9 Å². The molecule has 1 aromatic carbocycles. The molecular formula is C23H30Cl2N2O4S. The summed E-state index contributed by atoms with van der Waals surface area (Å²) in [6.07, 6.45) is 5.58. The van der Waals surface area contributed by atoms with Crippen LogP contribution in [-0.4, -0.2) is 30.1 Å². The smallest absolute Gasteiger partial charge is 0.350 e. The van der Waals surface area contributed by atoms with Crippen molar-refractivity contribution in [2.45, 2.75) is 59.8 Å². The van der Waals surface area contributed by atoms with Crippen LogP contribution in [0.15, 0.2) is 12.1 Å². The zero-order valence-corrected chi connectivity index (χ0v) is 21.3. The van der Waals surface area contributed by atoms with Gasteiger partial charge in [-0.3, -0.25) is 10.1 Å². The maximum absolute atomic E-state index is 12.7. The predicted molar refractivity (Wildman–Crippen MR) is 131 cm³/mol. The first-order chi connectivity index (χ1) is 15.2. The summed E-state index contributed by atoms with van der Waals surface area (Å²) in [4.78, 5) is 29.5. The average molecular weight is 501 g/mol. The van der Waals surface area contributed by atoms with Gasteiger partial charge < -0.3 is 9.47 Å². The maximum Gasteiger partial charge on any atom is 0.350 e. The van der Waals surface area contributed by atoms with Crippen LogP contribution in [-0.2, 0) is 4.74 Å². The predicted octanol–water partition coefficient (Wildman–Crippen LogP) is 7.17. The summed E-state index contributed by atoms with van der Waals surface area (Å²) in [6, 6.07) is 3.01. The molecule has 0 saturated heterocycles. The van der Waals surface area contributed by atoms with Gasteiger partial charge in [0.1, 0.15) is 4.88 Å². The quantitative estimate of drug-likeness (QED) is 0.246. The maximum atomic E-state index is 12.7. The number of ether oxygens (including phenoxy) is 2. The Kier molecular flexibility index (Phi) is 10.7. The van der Waals surface area contributed by atoms with Gasteiger partial charge in [0.25, 0.3) is 5.91 Å². The molecule has 1 heterocycles. The van der Waals surface area contributed by atoms with E-state index in [-0.39, 0.29) is 21.5 Å². The van der Waals surface area contributed by atoms with Crippen LogP contribution < -0.4 is 10.1 Å². The molecule has 6 nitrogen and oxygen atoms in total. The number of halogens is 2. The number of benzene rings is 1. The van der Waals surface area contributed by atoms with Crippen LogP contribution in [0.4, 0.5) is 5.13 Å². The molecule has 176 valence electrons. The number of unbranched alkanes of at least 4 members (excludes halogenated alkanes) is 4. The van der Waals surface area contributed by atoms with E-state index in [1.54, 1.807) is 6.92 Å². The van der Waals surface area contributed by atoms with Gasteiger partial charge in [-0.15, -0.1) is 0 Å². The van der Waals surface area contributed by atoms with Gasteiger partial charge in [-0.25, -0.2) is 9.78 Å². The summed E-state index contributed by atoms with van der Waals surface area (Å²) >= 11 is 13.7. The number of amides is 1. The van der Waals surface area contributed by atoms with Crippen LogP contribution in [0.1, 0.15) is 78.6 Å². The Labute approximate surface area is 203 Å². The lowest BCUT2D eigenvalue weighted by Crippen LogP contribution is -2.12. The summed E-state index contributed by atoms with van der Waals surface area (Å²) in [5.41, 5.74) is 0.768. The Balaban J connectivity index is 2.00. The summed E-state index contributed by atoms with van der Waals surface area (Å²) in [5.74, 6) is -0.276. The van der Waals surface area contributed by atoms with Gasteiger partial charge in [-0.2, -0.15) is 0 Å². The Morgan fingerprint density at radius 2 is 1.78 bits per heavy atom. The largest absolute Gasteiger partial charge is 0.490 e. The molecule has 0 unspecified atom stereocenters. The van der Waals surface area contributed by atoms with Crippen molar-refractivity contribution in [1.29, 1.82) is 0 Å². The molecule has 0 spiro atoms. The average Bonchev–Trinajstić information content (AvgIpc) is 3.10. The Morgan fingerprint density at radius 1 is 1.12 bits per heavy atom. The van der Waals surface area contributed by atoms with Crippen LogP contribution in [0.5, 0.6) is 5.75 Å². The number of aryl methyl sites for hydroxylation is 1. The number of thiazole rings is 1. The highest BCUT2D eigenvalue weighted by molar-refractivity contribution is 7.17. The Bertz CT molecular complexity index is 908. The van der Waals surface area contributed by atoms with Crippen molar-refractivity contribution in [3.8, 4) is 5.75 Å². The molecule has 0 aliphatic heterocycles. The molecule has 0 fully saturated rings. The van der Waals surface area contributed by atoms with Crippen molar-refractivity contribution in [2.75, 3.05) is 18.5 Å². The second kappa shape index (κ2) is 13.0. The van der Waals surface area contributed by atoms with Gasteiger partial charge in [0.2, 0.25) is 0 Å². The number of carbonyl (C=O) groups excluding carboxylic acids is 2. The molecule has 0 atom stereocenters. The van der Waals surface area contributed by atoms with Crippen molar-refractivity contribution in [3.63, 3.8) is 0 Å².